The first-order valence-electron chi connectivity index (χ1n) is 6.61. The van der Waals surface area contributed by atoms with Gasteiger partial charge in [0.05, 0.1) is 6.61 Å². The Hall–Kier alpha value is -1.24. The quantitative estimate of drug-likeness (QED) is 0.692. The van der Waals surface area contributed by atoms with E-state index in [-0.39, 0.29) is 0 Å². The molecule has 92 valence electrons. The van der Waals surface area contributed by atoms with E-state index in [1.165, 1.54) is 24.0 Å². The molecule has 1 aromatic rings. The minimum absolute atomic E-state index is 0.599. The van der Waals surface area contributed by atoms with Crippen LogP contribution in [0.4, 0.5) is 0 Å². The van der Waals surface area contributed by atoms with Crippen LogP contribution in [0.25, 0.3) is 0 Å². The van der Waals surface area contributed by atoms with Crippen molar-refractivity contribution in [2.75, 3.05) is 6.61 Å². The van der Waals surface area contributed by atoms with Crippen LogP contribution in [0.5, 0.6) is 5.75 Å². The molecule has 1 aliphatic rings. The monoisotopic (exact) mass is 230 g/mol. The van der Waals surface area contributed by atoms with Gasteiger partial charge in [0.15, 0.2) is 0 Å². The molecule has 1 aromatic carbocycles. The van der Waals surface area contributed by atoms with Gasteiger partial charge < -0.3 is 4.74 Å². The first-order valence-corrected chi connectivity index (χ1v) is 6.61. The van der Waals surface area contributed by atoms with Gasteiger partial charge in [-0.05, 0) is 50.3 Å². The second-order valence-electron chi connectivity index (χ2n) is 5.00. The molecule has 0 radical (unpaired) electrons. The summed E-state index contributed by atoms with van der Waals surface area (Å²) in [5.74, 6) is 2.33. The molecule has 2 rings (SSSR count). The van der Waals surface area contributed by atoms with Crippen molar-refractivity contribution in [3.05, 3.63) is 41.5 Å². The number of benzene rings is 1. The molecular formula is C16H22O. The molecule has 1 nitrogen and oxygen atoms in total. The van der Waals surface area contributed by atoms with Gasteiger partial charge in [-0.15, -0.1) is 0 Å². The number of allylic oxidation sites excluding steroid dienone is 2. The van der Waals surface area contributed by atoms with Crippen molar-refractivity contribution in [3.8, 4) is 5.75 Å². The minimum atomic E-state index is 0.599. The third-order valence-electron chi connectivity index (χ3n) is 3.77. The summed E-state index contributed by atoms with van der Waals surface area (Å²) in [5.41, 5.74) is 2.95. The van der Waals surface area contributed by atoms with E-state index < -0.39 is 0 Å². The summed E-state index contributed by atoms with van der Waals surface area (Å²) in [4.78, 5) is 0. The van der Waals surface area contributed by atoms with Gasteiger partial charge in [0.25, 0.3) is 0 Å². The highest BCUT2D eigenvalue weighted by molar-refractivity contribution is 5.33. The van der Waals surface area contributed by atoms with Gasteiger partial charge in [-0.2, -0.15) is 0 Å². The summed E-state index contributed by atoms with van der Waals surface area (Å²) >= 11 is 0. The zero-order valence-electron chi connectivity index (χ0n) is 11.1. The van der Waals surface area contributed by atoms with E-state index >= 15 is 0 Å². The average Bonchev–Trinajstić information content (AvgIpc) is 2.34. The van der Waals surface area contributed by atoms with Crippen molar-refractivity contribution in [1.29, 1.82) is 0 Å². The van der Waals surface area contributed by atoms with Crippen molar-refractivity contribution < 1.29 is 4.74 Å². The zero-order chi connectivity index (χ0) is 12.3. The molecule has 0 saturated heterocycles. The molecule has 1 aliphatic carbocycles. The molecule has 0 spiro atoms. The second kappa shape index (κ2) is 5.39. The highest BCUT2D eigenvalue weighted by Gasteiger charge is 2.18. The van der Waals surface area contributed by atoms with E-state index in [9.17, 15) is 0 Å². The molecule has 0 aliphatic heterocycles. The standard InChI is InChI=1S/C16H22O/c1-4-17-16-9-7-14(8-10-16)15-6-5-12(2)13(3)11-15/h7-12,15H,4-6H2,1-3H3. The molecule has 2 unspecified atom stereocenters. The van der Waals surface area contributed by atoms with Crippen LogP contribution in [-0.2, 0) is 0 Å². The fraction of sp³-hybridized carbons (Fsp3) is 0.500. The van der Waals surface area contributed by atoms with Crippen molar-refractivity contribution in [3.63, 3.8) is 0 Å². The largest absolute Gasteiger partial charge is 0.494 e. The highest BCUT2D eigenvalue weighted by atomic mass is 16.5. The van der Waals surface area contributed by atoms with Crippen LogP contribution in [0.3, 0.4) is 0 Å². The lowest BCUT2D eigenvalue weighted by Crippen LogP contribution is -2.09. The fourth-order valence-corrected chi connectivity index (χ4v) is 2.46. The fourth-order valence-electron chi connectivity index (χ4n) is 2.46. The summed E-state index contributed by atoms with van der Waals surface area (Å²) in [7, 11) is 0. The Balaban J connectivity index is 2.12. The van der Waals surface area contributed by atoms with E-state index in [4.69, 9.17) is 4.74 Å². The van der Waals surface area contributed by atoms with Crippen LogP contribution in [-0.4, -0.2) is 6.61 Å². The minimum Gasteiger partial charge on any atom is -0.494 e. The maximum absolute atomic E-state index is 5.47. The van der Waals surface area contributed by atoms with Crippen LogP contribution in [0.2, 0.25) is 0 Å². The molecular weight excluding hydrogens is 208 g/mol. The first kappa shape index (κ1) is 12.2. The van der Waals surface area contributed by atoms with E-state index in [0.717, 1.165) is 18.3 Å². The first-order chi connectivity index (χ1) is 8.20. The third kappa shape index (κ3) is 2.91. The van der Waals surface area contributed by atoms with Crippen molar-refractivity contribution in [1.82, 2.24) is 0 Å². The van der Waals surface area contributed by atoms with Crippen LogP contribution in [0.15, 0.2) is 35.9 Å². The Bertz CT molecular complexity index is 388. The maximum Gasteiger partial charge on any atom is 0.119 e. The molecule has 0 N–H and O–H groups in total. The normalized spacial score (nSPS) is 24.3. The van der Waals surface area contributed by atoms with Crippen molar-refractivity contribution >= 4 is 0 Å². The van der Waals surface area contributed by atoms with E-state index in [2.05, 4.69) is 44.2 Å². The lowest BCUT2D eigenvalue weighted by atomic mass is 9.81. The van der Waals surface area contributed by atoms with Gasteiger partial charge in [0.2, 0.25) is 0 Å². The predicted octanol–water partition coefficient (Wildman–Crippen LogP) is 4.55. The summed E-state index contributed by atoms with van der Waals surface area (Å²) < 4.78 is 5.47. The van der Waals surface area contributed by atoms with Crippen molar-refractivity contribution in [2.45, 2.75) is 39.5 Å². The van der Waals surface area contributed by atoms with E-state index in [1.807, 2.05) is 6.92 Å². The Labute approximate surface area is 104 Å². The molecule has 0 amide bonds. The van der Waals surface area contributed by atoms with Crippen LogP contribution >= 0.6 is 0 Å². The van der Waals surface area contributed by atoms with Crippen molar-refractivity contribution in [2.24, 2.45) is 5.92 Å². The third-order valence-corrected chi connectivity index (χ3v) is 3.77. The zero-order valence-corrected chi connectivity index (χ0v) is 11.1. The lowest BCUT2D eigenvalue weighted by Gasteiger charge is -2.24. The summed E-state index contributed by atoms with van der Waals surface area (Å²) in [5, 5.41) is 0. The summed E-state index contributed by atoms with van der Waals surface area (Å²) in [6.07, 6.45) is 5.01. The number of hydrogen-bond acceptors (Lipinski definition) is 1. The Morgan fingerprint density at radius 2 is 1.88 bits per heavy atom. The van der Waals surface area contributed by atoms with Gasteiger partial charge in [-0.25, -0.2) is 0 Å². The Kier molecular flexibility index (Phi) is 3.88. The predicted molar refractivity (Wildman–Crippen MR) is 72.5 cm³/mol. The van der Waals surface area contributed by atoms with Gasteiger partial charge in [0, 0.05) is 5.92 Å². The van der Waals surface area contributed by atoms with E-state index in [0.29, 0.717) is 5.92 Å². The molecule has 1 heteroatoms. The van der Waals surface area contributed by atoms with Crippen LogP contribution in [0, 0.1) is 5.92 Å². The smallest absolute Gasteiger partial charge is 0.119 e. The average molecular weight is 230 g/mol. The lowest BCUT2D eigenvalue weighted by molar-refractivity contribution is 0.340. The number of rotatable bonds is 3. The topological polar surface area (TPSA) is 9.23 Å². The molecule has 0 heterocycles. The molecule has 0 saturated carbocycles. The van der Waals surface area contributed by atoms with Gasteiger partial charge in [-0.3, -0.25) is 0 Å². The van der Waals surface area contributed by atoms with Crippen LogP contribution < -0.4 is 4.74 Å². The Morgan fingerprint density at radius 1 is 1.18 bits per heavy atom. The van der Waals surface area contributed by atoms with Crippen LogP contribution in [0.1, 0.15) is 45.1 Å². The van der Waals surface area contributed by atoms with E-state index in [1.54, 1.807) is 0 Å². The molecule has 0 fully saturated rings. The molecule has 17 heavy (non-hydrogen) atoms. The van der Waals surface area contributed by atoms with Gasteiger partial charge >= 0.3 is 0 Å². The Morgan fingerprint density at radius 3 is 2.47 bits per heavy atom. The maximum atomic E-state index is 5.47. The summed E-state index contributed by atoms with van der Waals surface area (Å²) in [6, 6.07) is 8.57. The van der Waals surface area contributed by atoms with Gasteiger partial charge in [0.1, 0.15) is 5.75 Å². The molecule has 0 bridgehead atoms. The molecule has 2 atom stereocenters. The molecule has 0 aromatic heterocycles. The van der Waals surface area contributed by atoms with Gasteiger partial charge in [-0.1, -0.05) is 30.7 Å². The SMILES string of the molecule is CCOc1ccc(C2C=C(C)C(C)CC2)cc1. The number of hydrogen-bond donors (Lipinski definition) is 0. The summed E-state index contributed by atoms with van der Waals surface area (Å²) in [6.45, 7) is 7.33. The number of ether oxygens (including phenoxy) is 1. The highest BCUT2D eigenvalue weighted by Crippen LogP contribution is 2.34. The second-order valence-corrected chi connectivity index (χ2v) is 5.00.